The number of hydrogen-bond acceptors (Lipinski definition) is 4. The Labute approximate surface area is 91.4 Å². The number of rotatable bonds is 3. The summed E-state index contributed by atoms with van der Waals surface area (Å²) in [6, 6.07) is 0.0824. The number of aliphatic hydroxyl groups is 1. The van der Waals surface area contributed by atoms with Gasteiger partial charge >= 0.3 is 0 Å². The molecule has 0 aromatic rings. The Balaban J connectivity index is 1.96. The van der Waals surface area contributed by atoms with Crippen LogP contribution in [0.3, 0.4) is 0 Å². The highest BCUT2D eigenvalue weighted by Crippen LogP contribution is 2.35. The van der Waals surface area contributed by atoms with Crippen molar-refractivity contribution < 1.29 is 9.84 Å². The largest absolute Gasteiger partial charge is 0.396 e. The van der Waals surface area contributed by atoms with Gasteiger partial charge in [0.25, 0.3) is 0 Å². The van der Waals surface area contributed by atoms with E-state index in [9.17, 15) is 5.11 Å². The molecular weight excluding hydrogens is 192 g/mol. The zero-order valence-corrected chi connectivity index (χ0v) is 9.48. The van der Waals surface area contributed by atoms with E-state index in [0.717, 1.165) is 6.54 Å². The third kappa shape index (κ3) is 2.04. The first kappa shape index (κ1) is 11.3. The molecule has 0 radical (unpaired) electrons. The van der Waals surface area contributed by atoms with Crippen LogP contribution in [0.1, 0.15) is 12.8 Å². The first-order chi connectivity index (χ1) is 7.18. The predicted octanol–water partition coefficient (Wildman–Crippen LogP) is -0.336. The molecule has 4 heteroatoms. The SMILES string of the molecule is CN1CCCC(C(N)C2(CO)COC2)C1. The van der Waals surface area contributed by atoms with Crippen molar-refractivity contribution in [1.82, 2.24) is 4.90 Å². The van der Waals surface area contributed by atoms with Gasteiger partial charge in [-0.3, -0.25) is 0 Å². The normalized spacial score (nSPS) is 33.4. The van der Waals surface area contributed by atoms with Crippen LogP contribution in [0.5, 0.6) is 0 Å². The monoisotopic (exact) mass is 214 g/mol. The van der Waals surface area contributed by atoms with E-state index < -0.39 is 0 Å². The summed E-state index contributed by atoms with van der Waals surface area (Å²) >= 11 is 0. The van der Waals surface area contributed by atoms with Gasteiger partial charge < -0.3 is 20.5 Å². The summed E-state index contributed by atoms with van der Waals surface area (Å²) in [5, 5.41) is 9.43. The standard InChI is InChI=1S/C11H22N2O2/c1-13-4-2-3-9(5-13)10(12)11(6-14)7-15-8-11/h9-10,14H,2-8,12H2,1H3. The van der Waals surface area contributed by atoms with Gasteiger partial charge in [0.2, 0.25) is 0 Å². The van der Waals surface area contributed by atoms with Crippen molar-refractivity contribution >= 4 is 0 Å². The summed E-state index contributed by atoms with van der Waals surface area (Å²) in [6.07, 6.45) is 2.41. The average molecular weight is 214 g/mol. The Morgan fingerprint density at radius 1 is 1.60 bits per heavy atom. The van der Waals surface area contributed by atoms with Crippen LogP contribution >= 0.6 is 0 Å². The number of hydrogen-bond donors (Lipinski definition) is 2. The molecule has 0 spiro atoms. The van der Waals surface area contributed by atoms with Gasteiger partial charge in [-0.05, 0) is 32.4 Å². The minimum absolute atomic E-state index is 0.0824. The van der Waals surface area contributed by atoms with Gasteiger partial charge in [-0.15, -0.1) is 0 Å². The molecule has 2 heterocycles. The molecule has 2 unspecified atom stereocenters. The fourth-order valence-electron chi connectivity index (χ4n) is 2.75. The van der Waals surface area contributed by atoms with E-state index in [4.69, 9.17) is 10.5 Å². The summed E-state index contributed by atoms with van der Waals surface area (Å²) in [6.45, 7) is 3.65. The lowest BCUT2D eigenvalue weighted by molar-refractivity contribution is -0.159. The van der Waals surface area contributed by atoms with Gasteiger partial charge in [0.1, 0.15) is 0 Å². The maximum atomic E-state index is 9.43. The Morgan fingerprint density at radius 2 is 2.33 bits per heavy atom. The van der Waals surface area contributed by atoms with Crippen LogP contribution in [-0.4, -0.2) is 56.0 Å². The van der Waals surface area contributed by atoms with Crippen molar-refractivity contribution in [2.24, 2.45) is 17.1 Å². The third-order valence-electron chi connectivity index (χ3n) is 3.97. The second-order valence-electron chi connectivity index (χ2n) is 5.20. The van der Waals surface area contributed by atoms with Crippen molar-refractivity contribution in [2.45, 2.75) is 18.9 Å². The highest BCUT2D eigenvalue weighted by Gasteiger charge is 2.46. The van der Waals surface area contributed by atoms with Gasteiger partial charge in [-0.1, -0.05) is 0 Å². The Hall–Kier alpha value is -0.160. The van der Waals surface area contributed by atoms with Crippen molar-refractivity contribution in [3.05, 3.63) is 0 Å². The fourth-order valence-corrected chi connectivity index (χ4v) is 2.75. The molecule has 0 saturated carbocycles. The zero-order chi connectivity index (χ0) is 10.9. The first-order valence-electron chi connectivity index (χ1n) is 5.81. The second-order valence-corrected chi connectivity index (χ2v) is 5.20. The minimum atomic E-state index is -0.150. The lowest BCUT2D eigenvalue weighted by atomic mass is 9.71. The van der Waals surface area contributed by atoms with Crippen LogP contribution in [0.15, 0.2) is 0 Å². The number of ether oxygens (including phenoxy) is 1. The van der Waals surface area contributed by atoms with E-state index in [1.54, 1.807) is 0 Å². The smallest absolute Gasteiger partial charge is 0.0582 e. The average Bonchev–Trinajstić information content (AvgIpc) is 2.17. The van der Waals surface area contributed by atoms with Crippen LogP contribution in [0, 0.1) is 11.3 Å². The Bertz CT molecular complexity index is 213. The third-order valence-corrected chi connectivity index (χ3v) is 3.97. The summed E-state index contributed by atoms with van der Waals surface area (Å²) in [5.41, 5.74) is 6.14. The minimum Gasteiger partial charge on any atom is -0.396 e. The fraction of sp³-hybridized carbons (Fsp3) is 1.00. The van der Waals surface area contributed by atoms with Crippen molar-refractivity contribution in [3.63, 3.8) is 0 Å². The van der Waals surface area contributed by atoms with Crippen LogP contribution in [0.25, 0.3) is 0 Å². The van der Waals surface area contributed by atoms with Gasteiger partial charge in [0.05, 0.1) is 25.2 Å². The molecule has 3 N–H and O–H groups in total. The van der Waals surface area contributed by atoms with Crippen LogP contribution in [0.4, 0.5) is 0 Å². The maximum Gasteiger partial charge on any atom is 0.0582 e. The lowest BCUT2D eigenvalue weighted by Crippen LogP contribution is -2.62. The molecule has 0 aromatic heterocycles. The summed E-state index contributed by atoms with van der Waals surface area (Å²) < 4.78 is 5.21. The van der Waals surface area contributed by atoms with Gasteiger partial charge in [-0.2, -0.15) is 0 Å². The molecule has 2 saturated heterocycles. The highest BCUT2D eigenvalue weighted by molar-refractivity contribution is 4.98. The van der Waals surface area contributed by atoms with Crippen LogP contribution in [0.2, 0.25) is 0 Å². The van der Waals surface area contributed by atoms with Crippen LogP contribution in [-0.2, 0) is 4.74 Å². The lowest BCUT2D eigenvalue weighted by Gasteiger charge is -2.48. The first-order valence-corrected chi connectivity index (χ1v) is 5.81. The molecule has 15 heavy (non-hydrogen) atoms. The summed E-state index contributed by atoms with van der Waals surface area (Å²) in [4.78, 5) is 2.33. The van der Waals surface area contributed by atoms with Crippen LogP contribution < -0.4 is 5.73 Å². The van der Waals surface area contributed by atoms with E-state index >= 15 is 0 Å². The van der Waals surface area contributed by atoms with Crippen molar-refractivity contribution in [1.29, 1.82) is 0 Å². The number of piperidine rings is 1. The van der Waals surface area contributed by atoms with Crippen molar-refractivity contribution in [2.75, 3.05) is 40.0 Å². The molecule has 2 atom stereocenters. The molecule has 0 aliphatic carbocycles. The molecule has 2 aliphatic heterocycles. The van der Waals surface area contributed by atoms with Gasteiger partial charge in [0.15, 0.2) is 0 Å². The molecular formula is C11H22N2O2. The van der Waals surface area contributed by atoms with E-state index in [1.165, 1.54) is 19.4 Å². The number of nitrogens with zero attached hydrogens (tertiary/aromatic N) is 1. The van der Waals surface area contributed by atoms with Gasteiger partial charge in [-0.25, -0.2) is 0 Å². The van der Waals surface area contributed by atoms with Crippen molar-refractivity contribution in [3.8, 4) is 0 Å². The molecule has 2 fully saturated rings. The summed E-state index contributed by atoms with van der Waals surface area (Å²) in [7, 11) is 2.14. The zero-order valence-electron chi connectivity index (χ0n) is 9.48. The predicted molar refractivity (Wildman–Crippen MR) is 58.5 cm³/mol. The molecule has 0 bridgehead atoms. The molecule has 4 nitrogen and oxygen atoms in total. The number of aliphatic hydroxyl groups excluding tert-OH is 1. The Kier molecular flexibility index (Phi) is 3.30. The highest BCUT2D eigenvalue weighted by atomic mass is 16.5. The van der Waals surface area contributed by atoms with E-state index in [2.05, 4.69) is 11.9 Å². The number of likely N-dealkylation sites (tertiary alicyclic amines) is 1. The number of nitrogens with two attached hydrogens (primary N) is 1. The van der Waals surface area contributed by atoms with E-state index in [-0.39, 0.29) is 18.1 Å². The molecule has 0 amide bonds. The maximum absolute atomic E-state index is 9.43. The molecule has 0 aromatic carbocycles. The Morgan fingerprint density at radius 3 is 2.80 bits per heavy atom. The molecule has 2 aliphatic rings. The molecule has 2 rings (SSSR count). The van der Waals surface area contributed by atoms with E-state index in [0.29, 0.717) is 19.1 Å². The topological polar surface area (TPSA) is 58.7 Å². The van der Waals surface area contributed by atoms with E-state index in [1.807, 2.05) is 0 Å². The quantitative estimate of drug-likeness (QED) is 0.675. The molecule has 88 valence electrons. The van der Waals surface area contributed by atoms with Gasteiger partial charge in [0, 0.05) is 12.6 Å². The summed E-state index contributed by atoms with van der Waals surface area (Å²) in [5.74, 6) is 0.514. The second kappa shape index (κ2) is 4.37.